The van der Waals surface area contributed by atoms with Crippen LogP contribution in [0.4, 0.5) is 5.82 Å². The molecule has 118 valence electrons. The van der Waals surface area contributed by atoms with Crippen LogP contribution in [0, 0.1) is 12.8 Å². The second-order valence-electron chi connectivity index (χ2n) is 6.01. The fraction of sp³-hybridized carbons (Fsp3) is 0.294. The summed E-state index contributed by atoms with van der Waals surface area (Å²) in [4.78, 5) is 43.3. The van der Waals surface area contributed by atoms with Gasteiger partial charge in [-0.25, -0.2) is 4.98 Å². The molecule has 0 aromatic carbocycles. The summed E-state index contributed by atoms with van der Waals surface area (Å²) < 4.78 is 0. The highest BCUT2D eigenvalue weighted by Gasteiger charge is 2.25. The molecule has 0 aliphatic heterocycles. The molecule has 23 heavy (non-hydrogen) atoms. The van der Waals surface area contributed by atoms with Gasteiger partial charge in [-0.05, 0) is 43.0 Å². The van der Waals surface area contributed by atoms with Gasteiger partial charge in [0.05, 0.1) is 0 Å². The van der Waals surface area contributed by atoms with Gasteiger partial charge in [0.1, 0.15) is 11.4 Å². The second-order valence-corrected chi connectivity index (χ2v) is 6.01. The highest BCUT2D eigenvalue weighted by molar-refractivity contribution is 6.06. The van der Waals surface area contributed by atoms with Crippen LogP contribution in [0.2, 0.25) is 0 Å². The lowest BCUT2D eigenvalue weighted by molar-refractivity contribution is 0.0952. The predicted molar refractivity (Wildman–Crippen MR) is 85.8 cm³/mol. The minimum atomic E-state index is -0.571. The number of amides is 1. The Morgan fingerprint density at radius 3 is 2.83 bits per heavy atom. The first-order valence-corrected chi connectivity index (χ1v) is 7.47. The van der Waals surface area contributed by atoms with E-state index in [1.165, 1.54) is 6.07 Å². The van der Waals surface area contributed by atoms with Gasteiger partial charge in [-0.15, -0.1) is 0 Å². The van der Waals surface area contributed by atoms with Crippen LogP contribution in [-0.4, -0.2) is 21.7 Å². The molecule has 6 nitrogen and oxygen atoms in total. The maximum atomic E-state index is 12.3. The van der Waals surface area contributed by atoms with Crippen molar-refractivity contribution in [1.29, 1.82) is 0 Å². The number of carbonyl (C=O) groups excluding carboxylic acids is 2. The monoisotopic (exact) mass is 311 g/mol. The van der Waals surface area contributed by atoms with E-state index in [-0.39, 0.29) is 17.3 Å². The number of ketones is 1. The van der Waals surface area contributed by atoms with E-state index in [0.29, 0.717) is 29.9 Å². The third-order valence-corrected chi connectivity index (χ3v) is 3.91. The topological polar surface area (TPSA) is 91.9 Å². The Balaban J connectivity index is 1.94. The second kappa shape index (κ2) is 5.79. The van der Waals surface area contributed by atoms with Gasteiger partial charge >= 0.3 is 0 Å². The smallest absolute Gasteiger partial charge is 0.262 e. The van der Waals surface area contributed by atoms with Crippen LogP contribution < -0.4 is 10.9 Å². The number of nitrogens with one attached hydrogen (secondary N) is 2. The summed E-state index contributed by atoms with van der Waals surface area (Å²) in [5, 5.41) is 2.59. The number of carbonyl (C=O) groups is 2. The molecule has 2 heterocycles. The van der Waals surface area contributed by atoms with Crippen molar-refractivity contribution in [3.63, 3.8) is 0 Å². The number of aromatic nitrogens is 2. The van der Waals surface area contributed by atoms with E-state index in [1.54, 1.807) is 18.3 Å². The lowest BCUT2D eigenvalue weighted by atomic mass is 9.86. The van der Waals surface area contributed by atoms with Gasteiger partial charge in [0.2, 0.25) is 0 Å². The first kappa shape index (κ1) is 15.1. The molecule has 0 saturated heterocycles. The van der Waals surface area contributed by atoms with Gasteiger partial charge in [0.25, 0.3) is 11.5 Å². The molecule has 2 aromatic heterocycles. The molecule has 1 amide bonds. The fourth-order valence-corrected chi connectivity index (χ4v) is 2.78. The molecular weight excluding hydrogens is 294 g/mol. The zero-order valence-corrected chi connectivity index (χ0v) is 13.0. The number of aryl methyl sites for hydroxylation is 1. The number of hydrogen-bond acceptors (Lipinski definition) is 4. The van der Waals surface area contributed by atoms with E-state index in [4.69, 9.17) is 0 Å². The fourth-order valence-electron chi connectivity index (χ4n) is 2.78. The Morgan fingerprint density at radius 1 is 1.30 bits per heavy atom. The molecule has 1 unspecified atom stereocenters. The van der Waals surface area contributed by atoms with Gasteiger partial charge in [-0.1, -0.05) is 6.92 Å². The first-order chi connectivity index (χ1) is 10.9. The zero-order valence-electron chi connectivity index (χ0n) is 13.0. The molecule has 1 aliphatic carbocycles. The van der Waals surface area contributed by atoms with Crippen LogP contribution in [0.25, 0.3) is 0 Å². The standard InChI is InChI=1S/C17H17N3O3/c1-9-3-4-18-15(7-9)20-17(23)12-8-11-13(19-16(12)22)5-10(2)6-14(11)21/h3-4,7-8,10H,5-6H2,1-2H3,(H,19,22)(H,18,20,23). The first-order valence-electron chi connectivity index (χ1n) is 7.47. The van der Waals surface area contributed by atoms with Crippen LogP contribution in [-0.2, 0) is 6.42 Å². The van der Waals surface area contributed by atoms with Crippen molar-refractivity contribution >= 4 is 17.5 Å². The highest BCUT2D eigenvalue weighted by atomic mass is 16.2. The molecule has 0 saturated carbocycles. The number of fused-ring (bicyclic) bond motifs is 1. The van der Waals surface area contributed by atoms with Crippen molar-refractivity contribution in [3.8, 4) is 0 Å². The minimum absolute atomic E-state index is 0.0438. The van der Waals surface area contributed by atoms with Gasteiger partial charge < -0.3 is 10.3 Å². The maximum Gasteiger partial charge on any atom is 0.262 e. The summed E-state index contributed by atoms with van der Waals surface area (Å²) in [6, 6.07) is 4.91. The van der Waals surface area contributed by atoms with Crippen molar-refractivity contribution < 1.29 is 9.59 Å². The molecule has 6 heteroatoms. The predicted octanol–water partition coefficient (Wildman–Crippen LogP) is 2.10. The number of aromatic amines is 1. The van der Waals surface area contributed by atoms with Gasteiger partial charge in [-0.3, -0.25) is 14.4 Å². The Morgan fingerprint density at radius 2 is 2.09 bits per heavy atom. The number of anilines is 1. The lowest BCUT2D eigenvalue weighted by Gasteiger charge is -2.20. The van der Waals surface area contributed by atoms with Gasteiger partial charge in [0, 0.05) is 23.9 Å². The van der Waals surface area contributed by atoms with E-state index < -0.39 is 11.5 Å². The number of nitrogens with zero attached hydrogens (tertiary/aromatic N) is 1. The molecular formula is C17H17N3O3. The summed E-state index contributed by atoms with van der Waals surface area (Å²) in [6.45, 7) is 3.84. The van der Waals surface area contributed by atoms with E-state index in [9.17, 15) is 14.4 Å². The number of Topliss-reactive ketones (excluding diaryl/α,β-unsaturated/α-hetero) is 1. The van der Waals surface area contributed by atoms with Crippen LogP contribution in [0.15, 0.2) is 29.2 Å². The Labute approximate surface area is 133 Å². The van der Waals surface area contributed by atoms with Crippen LogP contribution in [0.3, 0.4) is 0 Å². The number of H-pyrrole nitrogens is 1. The SMILES string of the molecule is Cc1ccnc(NC(=O)c2cc3c([nH]c2=O)CC(C)CC3=O)c1. The highest BCUT2D eigenvalue weighted by Crippen LogP contribution is 2.23. The minimum Gasteiger partial charge on any atom is -0.325 e. The van der Waals surface area contributed by atoms with Crippen LogP contribution in [0.1, 0.15) is 45.3 Å². The third kappa shape index (κ3) is 3.06. The summed E-state index contributed by atoms with van der Waals surface area (Å²) in [5.41, 5.74) is 1.43. The van der Waals surface area contributed by atoms with Crippen molar-refractivity contribution in [2.75, 3.05) is 5.32 Å². The molecule has 3 rings (SSSR count). The van der Waals surface area contributed by atoms with Crippen LogP contribution in [0.5, 0.6) is 0 Å². The number of pyridine rings is 2. The average molecular weight is 311 g/mol. The largest absolute Gasteiger partial charge is 0.325 e. The summed E-state index contributed by atoms with van der Waals surface area (Å²) in [7, 11) is 0. The number of hydrogen-bond donors (Lipinski definition) is 2. The molecule has 2 aromatic rings. The molecule has 1 aliphatic rings. The average Bonchev–Trinajstić information content (AvgIpc) is 2.46. The zero-order chi connectivity index (χ0) is 16.6. The molecule has 0 radical (unpaired) electrons. The summed E-state index contributed by atoms with van der Waals surface area (Å²) in [6.07, 6.45) is 2.64. The van der Waals surface area contributed by atoms with Crippen molar-refractivity contribution in [2.24, 2.45) is 5.92 Å². The molecule has 1 atom stereocenters. The number of rotatable bonds is 2. The lowest BCUT2D eigenvalue weighted by Crippen LogP contribution is -2.29. The van der Waals surface area contributed by atoms with E-state index >= 15 is 0 Å². The molecule has 0 fully saturated rings. The molecule has 2 N–H and O–H groups in total. The van der Waals surface area contributed by atoms with Crippen molar-refractivity contribution in [3.05, 3.63) is 57.1 Å². The van der Waals surface area contributed by atoms with E-state index in [1.807, 2.05) is 13.8 Å². The normalized spacial score (nSPS) is 16.8. The van der Waals surface area contributed by atoms with Crippen molar-refractivity contribution in [2.45, 2.75) is 26.7 Å². The maximum absolute atomic E-state index is 12.3. The van der Waals surface area contributed by atoms with E-state index in [0.717, 1.165) is 5.56 Å². The van der Waals surface area contributed by atoms with Gasteiger partial charge in [0.15, 0.2) is 5.78 Å². The summed E-state index contributed by atoms with van der Waals surface area (Å²) in [5.74, 6) is -0.0507. The van der Waals surface area contributed by atoms with E-state index in [2.05, 4.69) is 15.3 Å². The third-order valence-electron chi connectivity index (χ3n) is 3.91. The molecule has 0 spiro atoms. The van der Waals surface area contributed by atoms with Crippen LogP contribution >= 0.6 is 0 Å². The van der Waals surface area contributed by atoms with Crippen molar-refractivity contribution in [1.82, 2.24) is 9.97 Å². The Bertz CT molecular complexity index is 854. The van der Waals surface area contributed by atoms with Gasteiger partial charge in [-0.2, -0.15) is 0 Å². The summed E-state index contributed by atoms with van der Waals surface area (Å²) >= 11 is 0. The Hall–Kier alpha value is -2.76. The Kier molecular flexibility index (Phi) is 3.82. The quantitative estimate of drug-likeness (QED) is 0.888. The molecule has 0 bridgehead atoms.